The molecule has 3 heterocycles. The van der Waals surface area contributed by atoms with Crippen LogP contribution in [0, 0.1) is 0 Å². The Morgan fingerprint density at radius 2 is 1.72 bits per heavy atom. The lowest BCUT2D eigenvalue weighted by molar-refractivity contribution is -0.135. The van der Waals surface area contributed by atoms with Crippen molar-refractivity contribution in [3.8, 4) is 34.1 Å². The molecule has 0 fully saturated rings. The fraction of sp³-hybridized carbons (Fsp3) is 0.138. The smallest absolute Gasteiger partial charge is 0.312 e. The minimum Gasteiger partial charge on any atom is -0.507 e. The van der Waals surface area contributed by atoms with Gasteiger partial charge in [0.15, 0.2) is 16.9 Å². The largest absolute Gasteiger partial charge is 0.507 e. The van der Waals surface area contributed by atoms with Crippen LogP contribution in [-0.2, 0) is 4.79 Å². The first-order chi connectivity index (χ1) is 18.8. The molecule has 0 radical (unpaired) electrons. The van der Waals surface area contributed by atoms with Crippen LogP contribution in [0.15, 0.2) is 73.4 Å². The zero-order valence-corrected chi connectivity index (χ0v) is 21.3. The lowest BCUT2D eigenvalue weighted by Crippen LogP contribution is -2.25. The van der Waals surface area contributed by atoms with Gasteiger partial charge >= 0.3 is 5.97 Å². The van der Waals surface area contributed by atoms with Gasteiger partial charge in [-0.1, -0.05) is 17.7 Å². The predicted molar refractivity (Wildman–Crippen MR) is 142 cm³/mol. The molecule has 0 unspecified atom stereocenters. The van der Waals surface area contributed by atoms with Gasteiger partial charge in [-0.3, -0.25) is 14.4 Å². The molecule has 39 heavy (non-hydrogen) atoms. The topological polar surface area (TPSA) is 125 Å². The molecule has 10 heteroatoms. The Morgan fingerprint density at radius 1 is 0.923 bits per heavy atom. The van der Waals surface area contributed by atoms with Gasteiger partial charge in [0.25, 0.3) is 0 Å². The zero-order valence-electron chi connectivity index (χ0n) is 20.6. The van der Waals surface area contributed by atoms with E-state index in [1.165, 1.54) is 38.9 Å². The van der Waals surface area contributed by atoms with Gasteiger partial charge in [0.05, 0.1) is 37.9 Å². The first-order valence-corrected chi connectivity index (χ1v) is 12.1. The molecule has 0 spiro atoms. The molecule has 1 N–H and O–H groups in total. The lowest BCUT2D eigenvalue weighted by atomic mass is 9.85. The summed E-state index contributed by atoms with van der Waals surface area (Å²) in [4.78, 5) is 39.7. The molecule has 0 saturated carbocycles. The number of hydrogen-bond acceptors (Lipinski definition) is 9. The average molecular weight is 547 g/mol. The van der Waals surface area contributed by atoms with E-state index in [9.17, 15) is 19.5 Å². The second-order valence-electron chi connectivity index (χ2n) is 8.95. The summed E-state index contributed by atoms with van der Waals surface area (Å²) in [6.45, 7) is 0. The highest BCUT2D eigenvalue weighted by molar-refractivity contribution is 6.31. The van der Waals surface area contributed by atoms with Gasteiger partial charge in [0, 0.05) is 28.1 Å². The molecular formula is C29H19ClO9. The number of halogens is 1. The minimum atomic E-state index is -0.876. The Kier molecular flexibility index (Phi) is 5.80. The van der Waals surface area contributed by atoms with E-state index in [-0.39, 0.29) is 45.2 Å². The third kappa shape index (κ3) is 3.90. The second-order valence-corrected chi connectivity index (χ2v) is 9.39. The van der Waals surface area contributed by atoms with E-state index in [4.69, 9.17) is 34.6 Å². The van der Waals surface area contributed by atoms with Gasteiger partial charge in [0.1, 0.15) is 34.3 Å². The van der Waals surface area contributed by atoms with E-state index >= 15 is 0 Å². The molecule has 1 aliphatic heterocycles. The van der Waals surface area contributed by atoms with Crippen LogP contribution >= 0.6 is 11.6 Å². The number of phenols is 1. The van der Waals surface area contributed by atoms with Crippen molar-refractivity contribution in [1.29, 1.82) is 0 Å². The van der Waals surface area contributed by atoms with Crippen LogP contribution in [0.1, 0.15) is 23.5 Å². The summed E-state index contributed by atoms with van der Waals surface area (Å²) < 4.78 is 27.6. The van der Waals surface area contributed by atoms with Gasteiger partial charge in [-0.15, -0.1) is 0 Å². The molecule has 1 atom stereocenters. The van der Waals surface area contributed by atoms with Gasteiger partial charge in [-0.05, 0) is 35.9 Å². The van der Waals surface area contributed by atoms with Crippen molar-refractivity contribution < 1.29 is 32.9 Å². The highest BCUT2D eigenvalue weighted by Crippen LogP contribution is 2.45. The van der Waals surface area contributed by atoms with Crippen LogP contribution in [0.4, 0.5) is 0 Å². The van der Waals surface area contributed by atoms with E-state index in [2.05, 4.69) is 0 Å². The number of ether oxygens (including phenoxy) is 3. The number of carbonyl (C=O) groups excluding carboxylic acids is 1. The van der Waals surface area contributed by atoms with E-state index in [1.54, 1.807) is 30.3 Å². The van der Waals surface area contributed by atoms with E-state index in [0.717, 1.165) is 0 Å². The van der Waals surface area contributed by atoms with Crippen molar-refractivity contribution in [2.45, 2.75) is 12.3 Å². The van der Waals surface area contributed by atoms with Crippen molar-refractivity contribution in [3.05, 3.63) is 91.6 Å². The number of hydrogen-bond donors (Lipinski definition) is 1. The summed E-state index contributed by atoms with van der Waals surface area (Å²) in [5.41, 5.74) is 0.439. The van der Waals surface area contributed by atoms with E-state index in [1.807, 2.05) is 0 Å². The van der Waals surface area contributed by atoms with Gasteiger partial charge < -0.3 is 28.2 Å². The van der Waals surface area contributed by atoms with Gasteiger partial charge in [-0.25, -0.2) is 0 Å². The van der Waals surface area contributed by atoms with Crippen LogP contribution in [-0.4, -0.2) is 25.3 Å². The van der Waals surface area contributed by atoms with Crippen molar-refractivity contribution in [3.63, 3.8) is 0 Å². The molecular weight excluding hydrogens is 528 g/mol. The van der Waals surface area contributed by atoms with Crippen molar-refractivity contribution >= 4 is 39.5 Å². The third-order valence-corrected chi connectivity index (χ3v) is 7.04. The SMILES string of the molecule is COc1ccc(-c2coc3c4c(cc(O)c3c2=O)OC(=O)C[C@H]4c2coc3ccc(Cl)cc3c2=O)cc1OC. The maximum atomic E-state index is 13.7. The highest BCUT2D eigenvalue weighted by atomic mass is 35.5. The Morgan fingerprint density at radius 3 is 2.49 bits per heavy atom. The van der Waals surface area contributed by atoms with Crippen LogP contribution in [0.25, 0.3) is 33.1 Å². The number of benzene rings is 3. The number of fused-ring (bicyclic) bond motifs is 4. The number of aromatic hydroxyl groups is 1. The molecule has 3 aromatic carbocycles. The van der Waals surface area contributed by atoms with Crippen molar-refractivity contribution in [2.24, 2.45) is 0 Å². The zero-order chi connectivity index (χ0) is 27.4. The summed E-state index contributed by atoms with van der Waals surface area (Å²) in [5.74, 6) is -1.08. The summed E-state index contributed by atoms with van der Waals surface area (Å²) in [5, 5.41) is 11.3. The molecule has 2 aromatic heterocycles. The molecule has 6 rings (SSSR count). The first kappa shape index (κ1) is 24.6. The molecule has 196 valence electrons. The Bertz CT molecular complexity index is 1940. The molecule has 0 amide bonds. The van der Waals surface area contributed by atoms with Crippen molar-refractivity contribution in [1.82, 2.24) is 0 Å². The monoisotopic (exact) mass is 546 g/mol. The Balaban J connectivity index is 1.59. The maximum Gasteiger partial charge on any atom is 0.312 e. The number of esters is 1. The number of carbonyl (C=O) groups is 1. The van der Waals surface area contributed by atoms with Crippen molar-refractivity contribution in [2.75, 3.05) is 14.2 Å². The van der Waals surface area contributed by atoms with Crippen LogP contribution < -0.4 is 25.1 Å². The van der Waals surface area contributed by atoms with Crippen LogP contribution in [0.5, 0.6) is 23.0 Å². The highest BCUT2D eigenvalue weighted by Gasteiger charge is 2.35. The summed E-state index contributed by atoms with van der Waals surface area (Å²) >= 11 is 6.10. The standard InChI is InChI=1S/C29H19ClO9/c1-35-21-5-3-13(7-22(21)36-2)17-11-38-29-25-15(9-24(32)39-23(25)10-19(31)26(29)28(17)34)18-12-37-20-6-4-14(30)8-16(20)27(18)33/h3-8,10-12,15,31H,9H2,1-2H3/t15-/m0/s1. The molecule has 9 nitrogen and oxygen atoms in total. The minimum absolute atomic E-state index is 0.0117. The first-order valence-electron chi connectivity index (χ1n) is 11.8. The quantitative estimate of drug-likeness (QED) is 0.233. The fourth-order valence-corrected chi connectivity index (χ4v) is 5.13. The normalized spacial score (nSPS) is 14.7. The Labute approximate surface area is 224 Å². The summed E-state index contributed by atoms with van der Waals surface area (Å²) in [6, 6.07) is 10.8. The van der Waals surface area contributed by atoms with E-state index < -0.39 is 28.5 Å². The lowest BCUT2D eigenvalue weighted by Gasteiger charge is -2.25. The summed E-state index contributed by atoms with van der Waals surface area (Å²) in [6.07, 6.45) is 2.31. The van der Waals surface area contributed by atoms with E-state index in [0.29, 0.717) is 27.7 Å². The number of methoxy groups -OCH3 is 2. The maximum absolute atomic E-state index is 13.7. The molecule has 1 aliphatic rings. The van der Waals surface area contributed by atoms with Gasteiger partial charge in [-0.2, -0.15) is 0 Å². The fourth-order valence-electron chi connectivity index (χ4n) is 4.96. The van der Waals surface area contributed by atoms with Gasteiger partial charge in [0.2, 0.25) is 5.43 Å². The second kappa shape index (κ2) is 9.21. The average Bonchev–Trinajstić information content (AvgIpc) is 2.92. The number of rotatable bonds is 4. The van der Waals surface area contributed by atoms with Crippen LogP contribution in [0.3, 0.4) is 0 Å². The molecule has 0 aliphatic carbocycles. The summed E-state index contributed by atoms with van der Waals surface area (Å²) in [7, 11) is 2.97. The third-order valence-electron chi connectivity index (χ3n) is 6.80. The number of phenolic OH excluding ortho intramolecular Hbond substituents is 1. The Hall–Kier alpha value is -4.76. The molecule has 5 aromatic rings. The predicted octanol–water partition coefficient (Wildman–Crippen LogP) is 5.38. The molecule has 0 saturated heterocycles. The molecule has 0 bridgehead atoms. The van der Waals surface area contributed by atoms with Crippen LogP contribution in [0.2, 0.25) is 5.02 Å².